The molecule has 0 aliphatic rings. The van der Waals surface area contributed by atoms with Gasteiger partial charge in [0.2, 0.25) is 5.91 Å². The molecular formula is C16H17BrN2O. The number of hydrogen-bond donors (Lipinski definition) is 2. The van der Waals surface area contributed by atoms with E-state index in [0.29, 0.717) is 5.69 Å². The van der Waals surface area contributed by atoms with Gasteiger partial charge in [0.1, 0.15) is 5.54 Å². The number of nitrogens with two attached hydrogens (primary N) is 1. The van der Waals surface area contributed by atoms with E-state index in [0.717, 1.165) is 15.6 Å². The molecule has 3 N–H and O–H groups in total. The number of nitrogens with one attached hydrogen (secondary N) is 1. The van der Waals surface area contributed by atoms with Crippen molar-refractivity contribution in [3.8, 4) is 0 Å². The van der Waals surface area contributed by atoms with Crippen LogP contribution in [-0.4, -0.2) is 5.91 Å². The maximum Gasteiger partial charge on any atom is 0.248 e. The van der Waals surface area contributed by atoms with Crippen LogP contribution in [0.1, 0.15) is 18.1 Å². The van der Waals surface area contributed by atoms with E-state index in [2.05, 4.69) is 21.2 Å². The normalized spacial score (nSPS) is 13.6. The monoisotopic (exact) mass is 332 g/mol. The third-order valence-electron chi connectivity index (χ3n) is 3.22. The number of carbonyl (C=O) groups is 1. The molecule has 0 aliphatic heterocycles. The Labute approximate surface area is 127 Å². The van der Waals surface area contributed by atoms with Crippen LogP contribution in [0.15, 0.2) is 53.0 Å². The Bertz CT molecular complexity index is 624. The van der Waals surface area contributed by atoms with Crippen molar-refractivity contribution in [3.05, 3.63) is 64.1 Å². The Hall–Kier alpha value is -1.65. The summed E-state index contributed by atoms with van der Waals surface area (Å²) in [5.74, 6) is -0.242. The summed E-state index contributed by atoms with van der Waals surface area (Å²) in [6.45, 7) is 3.70. The van der Waals surface area contributed by atoms with E-state index in [9.17, 15) is 4.79 Å². The van der Waals surface area contributed by atoms with E-state index in [1.807, 2.05) is 55.5 Å². The molecule has 3 nitrogen and oxygen atoms in total. The average Bonchev–Trinajstić information content (AvgIpc) is 2.42. The zero-order valence-electron chi connectivity index (χ0n) is 11.5. The number of halogens is 1. The number of hydrogen-bond acceptors (Lipinski definition) is 2. The number of amides is 1. The lowest BCUT2D eigenvalue weighted by molar-refractivity contribution is -0.120. The Morgan fingerprint density at radius 3 is 2.45 bits per heavy atom. The van der Waals surface area contributed by atoms with Gasteiger partial charge in [-0.2, -0.15) is 0 Å². The summed E-state index contributed by atoms with van der Waals surface area (Å²) in [4.78, 5) is 12.4. The van der Waals surface area contributed by atoms with E-state index in [1.165, 1.54) is 0 Å². The van der Waals surface area contributed by atoms with Gasteiger partial charge in [-0.1, -0.05) is 36.4 Å². The highest BCUT2D eigenvalue weighted by atomic mass is 79.9. The molecule has 0 aromatic heterocycles. The zero-order valence-corrected chi connectivity index (χ0v) is 13.1. The molecule has 2 rings (SSSR count). The predicted octanol–water partition coefficient (Wildman–Crippen LogP) is 3.57. The van der Waals surface area contributed by atoms with Gasteiger partial charge in [0.15, 0.2) is 0 Å². The highest BCUT2D eigenvalue weighted by Crippen LogP contribution is 2.26. The lowest BCUT2D eigenvalue weighted by Crippen LogP contribution is -2.45. The average molecular weight is 333 g/mol. The van der Waals surface area contributed by atoms with Gasteiger partial charge in [-0.15, -0.1) is 0 Å². The Morgan fingerprint density at radius 2 is 1.85 bits per heavy atom. The van der Waals surface area contributed by atoms with E-state index in [4.69, 9.17) is 5.73 Å². The molecule has 0 radical (unpaired) electrons. The summed E-state index contributed by atoms with van der Waals surface area (Å²) in [6.07, 6.45) is 0. The number of carbonyl (C=O) groups excluding carboxylic acids is 1. The van der Waals surface area contributed by atoms with Crippen LogP contribution in [0.2, 0.25) is 0 Å². The van der Waals surface area contributed by atoms with Gasteiger partial charge in [-0.05, 0) is 53.0 Å². The van der Waals surface area contributed by atoms with Gasteiger partial charge >= 0.3 is 0 Å². The molecule has 0 aliphatic carbocycles. The first-order chi connectivity index (χ1) is 9.41. The predicted molar refractivity (Wildman–Crippen MR) is 85.5 cm³/mol. The van der Waals surface area contributed by atoms with Gasteiger partial charge in [-0.25, -0.2) is 0 Å². The topological polar surface area (TPSA) is 55.1 Å². The van der Waals surface area contributed by atoms with Crippen LogP contribution in [0.5, 0.6) is 0 Å². The molecule has 104 valence electrons. The van der Waals surface area contributed by atoms with Crippen molar-refractivity contribution in [1.29, 1.82) is 0 Å². The third kappa shape index (κ3) is 3.08. The summed E-state index contributed by atoms with van der Waals surface area (Å²) in [5.41, 5.74) is 7.72. The van der Waals surface area contributed by atoms with Gasteiger partial charge in [-0.3, -0.25) is 4.79 Å². The van der Waals surface area contributed by atoms with Crippen LogP contribution in [0, 0.1) is 6.92 Å². The second-order valence-corrected chi connectivity index (χ2v) is 5.86. The number of aryl methyl sites for hydroxylation is 1. The third-order valence-corrected chi connectivity index (χ3v) is 3.87. The maximum absolute atomic E-state index is 12.4. The van der Waals surface area contributed by atoms with Crippen molar-refractivity contribution in [2.75, 3.05) is 5.32 Å². The molecule has 2 aromatic carbocycles. The minimum atomic E-state index is -1.08. The molecule has 0 bridgehead atoms. The maximum atomic E-state index is 12.4. The first-order valence-corrected chi connectivity index (χ1v) is 7.12. The van der Waals surface area contributed by atoms with Gasteiger partial charge < -0.3 is 11.1 Å². The summed E-state index contributed by atoms with van der Waals surface area (Å²) in [7, 11) is 0. The molecule has 0 saturated heterocycles. The van der Waals surface area contributed by atoms with Crippen molar-refractivity contribution >= 4 is 27.5 Å². The Balaban J connectivity index is 2.23. The fraction of sp³-hybridized carbons (Fsp3) is 0.188. The largest absolute Gasteiger partial charge is 0.323 e. The fourth-order valence-corrected chi connectivity index (χ4v) is 2.48. The second kappa shape index (κ2) is 5.77. The van der Waals surface area contributed by atoms with Crippen molar-refractivity contribution in [1.82, 2.24) is 0 Å². The molecule has 1 unspecified atom stereocenters. The van der Waals surface area contributed by atoms with E-state index < -0.39 is 5.54 Å². The Morgan fingerprint density at radius 1 is 1.20 bits per heavy atom. The fourth-order valence-electron chi connectivity index (χ4n) is 1.89. The molecule has 0 heterocycles. The number of anilines is 1. The summed E-state index contributed by atoms with van der Waals surface area (Å²) in [6, 6.07) is 15.1. The summed E-state index contributed by atoms with van der Waals surface area (Å²) < 4.78 is 0.842. The molecule has 1 atom stereocenters. The molecule has 0 fully saturated rings. The highest BCUT2D eigenvalue weighted by molar-refractivity contribution is 9.10. The molecule has 4 heteroatoms. The van der Waals surface area contributed by atoms with Crippen LogP contribution >= 0.6 is 15.9 Å². The SMILES string of the molecule is Cc1ccc(NC(=O)C(C)(N)c2ccccc2)c(Br)c1. The van der Waals surface area contributed by atoms with E-state index in [1.54, 1.807) is 6.92 Å². The quantitative estimate of drug-likeness (QED) is 0.902. The smallest absolute Gasteiger partial charge is 0.248 e. The van der Waals surface area contributed by atoms with Crippen molar-refractivity contribution in [3.63, 3.8) is 0 Å². The van der Waals surface area contributed by atoms with Crippen LogP contribution in [-0.2, 0) is 10.3 Å². The highest BCUT2D eigenvalue weighted by Gasteiger charge is 2.30. The number of rotatable bonds is 3. The van der Waals surface area contributed by atoms with E-state index >= 15 is 0 Å². The first kappa shape index (κ1) is 14.8. The Kier molecular flexibility index (Phi) is 4.26. The van der Waals surface area contributed by atoms with Crippen molar-refractivity contribution in [2.45, 2.75) is 19.4 Å². The van der Waals surface area contributed by atoms with Crippen molar-refractivity contribution < 1.29 is 4.79 Å². The zero-order chi connectivity index (χ0) is 14.8. The standard InChI is InChI=1S/C16H17BrN2O/c1-11-8-9-14(13(17)10-11)19-15(20)16(2,18)12-6-4-3-5-7-12/h3-10H,18H2,1-2H3,(H,19,20). The van der Waals surface area contributed by atoms with Gasteiger partial charge in [0, 0.05) is 4.47 Å². The van der Waals surface area contributed by atoms with E-state index in [-0.39, 0.29) is 5.91 Å². The molecule has 2 aromatic rings. The van der Waals surface area contributed by atoms with Crippen LogP contribution in [0.4, 0.5) is 5.69 Å². The minimum absolute atomic E-state index is 0.242. The summed E-state index contributed by atoms with van der Waals surface area (Å²) in [5, 5.41) is 2.87. The second-order valence-electron chi connectivity index (χ2n) is 5.01. The molecule has 20 heavy (non-hydrogen) atoms. The van der Waals surface area contributed by atoms with Crippen LogP contribution < -0.4 is 11.1 Å². The number of benzene rings is 2. The van der Waals surface area contributed by atoms with Gasteiger partial charge in [0.25, 0.3) is 0 Å². The molecule has 0 saturated carbocycles. The lowest BCUT2D eigenvalue weighted by Gasteiger charge is -2.24. The minimum Gasteiger partial charge on any atom is -0.323 e. The first-order valence-electron chi connectivity index (χ1n) is 6.33. The molecular weight excluding hydrogens is 316 g/mol. The van der Waals surface area contributed by atoms with Crippen molar-refractivity contribution in [2.24, 2.45) is 5.73 Å². The van der Waals surface area contributed by atoms with Crippen LogP contribution in [0.3, 0.4) is 0 Å². The molecule has 0 spiro atoms. The summed E-state index contributed by atoms with van der Waals surface area (Å²) >= 11 is 3.44. The molecule has 1 amide bonds. The van der Waals surface area contributed by atoms with Crippen LogP contribution in [0.25, 0.3) is 0 Å². The van der Waals surface area contributed by atoms with Gasteiger partial charge in [0.05, 0.1) is 5.69 Å². The lowest BCUT2D eigenvalue weighted by atomic mass is 9.92.